The van der Waals surface area contributed by atoms with Gasteiger partial charge in [-0.3, -0.25) is 9.78 Å². The Morgan fingerprint density at radius 3 is 2.90 bits per heavy atom. The molecule has 0 saturated carbocycles. The fraction of sp³-hybridized carbons (Fsp3) is 0.385. The average molecular weight is 274 g/mol. The molecular weight excluding hydrogens is 260 g/mol. The van der Waals surface area contributed by atoms with Crippen LogP contribution in [0.5, 0.6) is 0 Å². The number of carboxylic acid groups (broad SMARTS) is 1. The average Bonchev–Trinajstić information content (AvgIpc) is 3.08. The van der Waals surface area contributed by atoms with Crippen molar-refractivity contribution in [3.63, 3.8) is 0 Å². The lowest BCUT2D eigenvalue weighted by Crippen LogP contribution is -2.16. The van der Waals surface area contributed by atoms with E-state index >= 15 is 0 Å². The first-order chi connectivity index (χ1) is 9.74. The Balaban J connectivity index is 1.98. The predicted octanol–water partition coefficient (Wildman–Crippen LogP) is 0.929. The Kier molecular flexibility index (Phi) is 3.42. The van der Waals surface area contributed by atoms with Gasteiger partial charge < -0.3 is 9.84 Å². The van der Waals surface area contributed by atoms with Crippen LogP contribution in [0.1, 0.15) is 18.2 Å². The minimum Gasteiger partial charge on any atom is -0.480 e. The highest BCUT2D eigenvalue weighted by atomic mass is 16.5. The molecular formula is C13H14N4O3. The number of pyridine rings is 1. The highest BCUT2D eigenvalue weighted by molar-refractivity contribution is 5.66. The van der Waals surface area contributed by atoms with E-state index in [-0.39, 0.29) is 12.5 Å². The van der Waals surface area contributed by atoms with Crippen LogP contribution >= 0.6 is 0 Å². The highest BCUT2D eigenvalue weighted by Crippen LogP contribution is 2.26. The summed E-state index contributed by atoms with van der Waals surface area (Å²) < 4.78 is 6.80. The van der Waals surface area contributed by atoms with Gasteiger partial charge in [-0.1, -0.05) is 0 Å². The minimum atomic E-state index is -0.934. The van der Waals surface area contributed by atoms with Crippen LogP contribution in [0.25, 0.3) is 11.4 Å². The zero-order valence-corrected chi connectivity index (χ0v) is 10.8. The molecule has 20 heavy (non-hydrogen) atoms. The number of nitrogens with zero attached hydrogens (tertiary/aromatic N) is 4. The molecule has 1 N–H and O–H groups in total. The molecule has 0 aliphatic carbocycles. The normalized spacial score (nSPS) is 18.3. The molecule has 7 heteroatoms. The number of aliphatic carboxylic acids is 1. The SMILES string of the molecule is O=C(O)Cn1nc(-c2ccncc2)nc1C1CCOC1. The molecule has 1 fully saturated rings. The van der Waals surface area contributed by atoms with E-state index in [0.29, 0.717) is 24.9 Å². The van der Waals surface area contributed by atoms with E-state index in [1.807, 2.05) is 0 Å². The summed E-state index contributed by atoms with van der Waals surface area (Å²) in [5.41, 5.74) is 0.823. The summed E-state index contributed by atoms with van der Waals surface area (Å²) in [5, 5.41) is 13.3. The first kappa shape index (κ1) is 12.7. The molecule has 0 aromatic carbocycles. The van der Waals surface area contributed by atoms with Gasteiger partial charge in [0.05, 0.1) is 6.61 Å². The van der Waals surface area contributed by atoms with Crippen molar-refractivity contribution in [2.24, 2.45) is 0 Å². The molecule has 0 amide bonds. The second-order valence-electron chi connectivity index (χ2n) is 4.64. The van der Waals surface area contributed by atoms with Crippen LogP contribution in [0.3, 0.4) is 0 Å². The minimum absolute atomic E-state index is 0.109. The number of aromatic nitrogens is 4. The molecule has 1 aliphatic rings. The van der Waals surface area contributed by atoms with Crippen molar-refractivity contribution in [3.8, 4) is 11.4 Å². The van der Waals surface area contributed by atoms with Crippen LogP contribution < -0.4 is 0 Å². The van der Waals surface area contributed by atoms with E-state index in [1.165, 1.54) is 4.68 Å². The van der Waals surface area contributed by atoms with Gasteiger partial charge in [0, 0.05) is 30.5 Å². The molecule has 0 bridgehead atoms. The summed E-state index contributed by atoms with van der Waals surface area (Å²) >= 11 is 0. The third-order valence-corrected chi connectivity index (χ3v) is 3.22. The summed E-state index contributed by atoms with van der Waals surface area (Å²) in [4.78, 5) is 19.4. The van der Waals surface area contributed by atoms with Gasteiger partial charge in [-0.2, -0.15) is 5.10 Å². The molecule has 1 aliphatic heterocycles. The van der Waals surface area contributed by atoms with Gasteiger partial charge in [-0.25, -0.2) is 9.67 Å². The Bertz CT molecular complexity index is 605. The van der Waals surface area contributed by atoms with Crippen molar-refractivity contribution >= 4 is 5.97 Å². The van der Waals surface area contributed by atoms with Crippen molar-refractivity contribution in [2.75, 3.05) is 13.2 Å². The van der Waals surface area contributed by atoms with Crippen LogP contribution in [-0.4, -0.2) is 44.0 Å². The zero-order valence-electron chi connectivity index (χ0n) is 10.8. The van der Waals surface area contributed by atoms with Gasteiger partial charge in [0.25, 0.3) is 0 Å². The number of carbonyl (C=O) groups is 1. The highest BCUT2D eigenvalue weighted by Gasteiger charge is 2.25. The second-order valence-corrected chi connectivity index (χ2v) is 4.64. The summed E-state index contributed by atoms with van der Waals surface area (Å²) in [5.74, 6) is 0.376. The Labute approximate surface area is 115 Å². The van der Waals surface area contributed by atoms with Gasteiger partial charge in [-0.15, -0.1) is 0 Å². The predicted molar refractivity (Wildman–Crippen MR) is 69.1 cm³/mol. The van der Waals surface area contributed by atoms with Crippen molar-refractivity contribution in [1.82, 2.24) is 19.7 Å². The fourth-order valence-corrected chi connectivity index (χ4v) is 2.26. The van der Waals surface area contributed by atoms with E-state index in [4.69, 9.17) is 9.84 Å². The quantitative estimate of drug-likeness (QED) is 0.892. The smallest absolute Gasteiger partial charge is 0.325 e. The number of hydrogen-bond acceptors (Lipinski definition) is 5. The molecule has 1 unspecified atom stereocenters. The van der Waals surface area contributed by atoms with E-state index in [9.17, 15) is 4.79 Å². The summed E-state index contributed by atoms with van der Waals surface area (Å²) in [6, 6.07) is 3.60. The lowest BCUT2D eigenvalue weighted by atomic mass is 10.1. The van der Waals surface area contributed by atoms with Crippen LogP contribution in [0.4, 0.5) is 0 Å². The van der Waals surface area contributed by atoms with E-state index < -0.39 is 5.97 Å². The molecule has 7 nitrogen and oxygen atoms in total. The van der Waals surface area contributed by atoms with Crippen molar-refractivity contribution < 1.29 is 14.6 Å². The molecule has 1 saturated heterocycles. The maximum Gasteiger partial charge on any atom is 0.325 e. The standard InChI is InChI=1S/C13H14N4O3/c18-11(19)7-17-13(10-3-6-20-8-10)15-12(16-17)9-1-4-14-5-2-9/h1-2,4-5,10H,3,6-8H2,(H,18,19). The van der Waals surface area contributed by atoms with Crippen LogP contribution in [0.15, 0.2) is 24.5 Å². The first-order valence-electron chi connectivity index (χ1n) is 6.38. The molecule has 2 aromatic rings. The lowest BCUT2D eigenvalue weighted by molar-refractivity contribution is -0.137. The van der Waals surface area contributed by atoms with Crippen molar-refractivity contribution in [3.05, 3.63) is 30.4 Å². The number of rotatable bonds is 4. The first-order valence-corrected chi connectivity index (χ1v) is 6.38. The summed E-state index contributed by atoms with van der Waals surface area (Å²) in [7, 11) is 0. The fourth-order valence-electron chi connectivity index (χ4n) is 2.26. The van der Waals surface area contributed by atoms with Gasteiger partial charge >= 0.3 is 5.97 Å². The number of carboxylic acids is 1. The van der Waals surface area contributed by atoms with E-state index in [2.05, 4.69) is 15.1 Å². The molecule has 2 aromatic heterocycles. The Morgan fingerprint density at radius 1 is 1.45 bits per heavy atom. The zero-order chi connectivity index (χ0) is 13.9. The van der Waals surface area contributed by atoms with Gasteiger partial charge in [0.1, 0.15) is 12.4 Å². The third kappa shape index (κ3) is 2.53. The molecule has 3 heterocycles. The van der Waals surface area contributed by atoms with Gasteiger partial charge in [0.2, 0.25) is 0 Å². The van der Waals surface area contributed by atoms with Gasteiger partial charge in [0.15, 0.2) is 5.82 Å². The topological polar surface area (TPSA) is 90.1 Å². The van der Waals surface area contributed by atoms with Crippen molar-refractivity contribution in [1.29, 1.82) is 0 Å². The van der Waals surface area contributed by atoms with Crippen LogP contribution in [0, 0.1) is 0 Å². The summed E-state index contributed by atoms with van der Waals surface area (Å²) in [6.07, 6.45) is 4.16. The Hall–Kier alpha value is -2.28. The molecule has 104 valence electrons. The summed E-state index contributed by atoms with van der Waals surface area (Å²) in [6.45, 7) is 1.05. The van der Waals surface area contributed by atoms with Crippen LogP contribution in [0.2, 0.25) is 0 Å². The molecule has 1 atom stereocenters. The number of ether oxygens (including phenoxy) is 1. The molecule has 3 rings (SSSR count). The maximum atomic E-state index is 11.0. The van der Waals surface area contributed by atoms with E-state index in [0.717, 1.165) is 12.0 Å². The van der Waals surface area contributed by atoms with Crippen molar-refractivity contribution in [2.45, 2.75) is 18.9 Å². The Morgan fingerprint density at radius 2 is 2.25 bits per heavy atom. The number of hydrogen-bond donors (Lipinski definition) is 1. The monoisotopic (exact) mass is 274 g/mol. The molecule has 0 radical (unpaired) electrons. The third-order valence-electron chi connectivity index (χ3n) is 3.22. The second kappa shape index (κ2) is 5.38. The largest absolute Gasteiger partial charge is 0.480 e. The van der Waals surface area contributed by atoms with Gasteiger partial charge in [-0.05, 0) is 18.6 Å². The lowest BCUT2D eigenvalue weighted by Gasteiger charge is -2.07. The molecule has 0 spiro atoms. The van der Waals surface area contributed by atoms with Crippen LogP contribution in [-0.2, 0) is 16.1 Å². The van der Waals surface area contributed by atoms with E-state index in [1.54, 1.807) is 24.5 Å². The maximum absolute atomic E-state index is 11.0.